The van der Waals surface area contributed by atoms with Crippen molar-refractivity contribution < 1.29 is 19.1 Å². The Hall–Kier alpha value is -1.30. The van der Waals surface area contributed by atoms with Crippen molar-refractivity contribution in [2.75, 3.05) is 13.1 Å². The lowest BCUT2D eigenvalue weighted by Crippen LogP contribution is -2.37. The van der Waals surface area contributed by atoms with Crippen LogP contribution in [0.5, 0.6) is 0 Å². The van der Waals surface area contributed by atoms with Crippen molar-refractivity contribution in [1.29, 1.82) is 0 Å². The van der Waals surface area contributed by atoms with Gasteiger partial charge in [0.05, 0.1) is 6.54 Å². The van der Waals surface area contributed by atoms with Gasteiger partial charge in [0.1, 0.15) is 17.7 Å². The summed E-state index contributed by atoms with van der Waals surface area (Å²) in [7, 11) is 0. The Kier molecular flexibility index (Phi) is 4.56. The molecule has 0 aromatic rings. The first-order chi connectivity index (χ1) is 8.19. The summed E-state index contributed by atoms with van der Waals surface area (Å²) in [5.74, 6) is -0.439. The highest BCUT2D eigenvalue weighted by Crippen LogP contribution is 2.17. The van der Waals surface area contributed by atoms with Gasteiger partial charge < -0.3 is 20.1 Å². The molecule has 0 aromatic carbocycles. The van der Waals surface area contributed by atoms with Gasteiger partial charge in [0.2, 0.25) is 0 Å². The van der Waals surface area contributed by atoms with E-state index in [2.05, 4.69) is 0 Å². The minimum Gasteiger partial charge on any atom is -0.459 e. The van der Waals surface area contributed by atoms with Crippen LogP contribution in [0, 0.1) is 0 Å². The van der Waals surface area contributed by atoms with Crippen LogP contribution in [0.1, 0.15) is 34.1 Å². The van der Waals surface area contributed by atoms with Crippen molar-refractivity contribution in [3.8, 4) is 0 Å². The molecule has 1 fully saturated rings. The maximum absolute atomic E-state index is 11.8. The van der Waals surface area contributed by atoms with Gasteiger partial charge in [-0.25, -0.2) is 4.79 Å². The van der Waals surface area contributed by atoms with Crippen molar-refractivity contribution in [2.45, 2.75) is 51.9 Å². The van der Waals surface area contributed by atoms with Gasteiger partial charge in [-0.2, -0.15) is 0 Å². The summed E-state index contributed by atoms with van der Waals surface area (Å²) < 4.78 is 10.4. The number of carbonyl (C=O) groups is 2. The molecule has 1 aliphatic rings. The van der Waals surface area contributed by atoms with Crippen molar-refractivity contribution >= 4 is 12.1 Å². The van der Waals surface area contributed by atoms with Gasteiger partial charge in [0.25, 0.3) is 0 Å². The number of likely N-dealkylation sites (tertiary alicyclic amines) is 1. The highest BCUT2D eigenvalue weighted by molar-refractivity contribution is 5.75. The molecule has 0 bridgehead atoms. The zero-order chi connectivity index (χ0) is 13.9. The van der Waals surface area contributed by atoms with Crippen molar-refractivity contribution in [3.63, 3.8) is 0 Å². The Bertz CT molecular complexity index is 323. The Labute approximate surface area is 107 Å². The number of esters is 1. The molecule has 0 saturated carbocycles. The van der Waals surface area contributed by atoms with Gasteiger partial charge in [-0.15, -0.1) is 0 Å². The van der Waals surface area contributed by atoms with Crippen molar-refractivity contribution in [1.82, 2.24) is 4.90 Å². The number of hydrogen-bond donors (Lipinski definition) is 1. The number of carbonyl (C=O) groups excluding carboxylic acids is 2. The smallest absolute Gasteiger partial charge is 0.410 e. The number of hydrogen-bond acceptors (Lipinski definition) is 5. The van der Waals surface area contributed by atoms with Crippen LogP contribution in [-0.2, 0) is 14.3 Å². The molecule has 1 amide bonds. The first kappa shape index (κ1) is 14.8. The molecule has 1 saturated heterocycles. The molecular weight excluding hydrogens is 236 g/mol. The summed E-state index contributed by atoms with van der Waals surface area (Å²) in [6, 6.07) is -0.638. The predicted octanol–water partition coefficient (Wildman–Crippen LogP) is 0.886. The van der Waals surface area contributed by atoms with E-state index in [9.17, 15) is 9.59 Å². The standard InChI is InChI=1S/C12H22N2O4/c1-8(13)10(15)17-9-5-6-14(7-9)11(16)18-12(2,3)4/h8-9H,5-7,13H2,1-4H3. The van der Waals surface area contributed by atoms with Gasteiger partial charge >= 0.3 is 12.1 Å². The second-order valence-electron chi connectivity index (χ2n) is 5.56. The fourth-order valence-corrected chi connectivity index (χ4v) is 1.59. The number of rotatable bonds is 2. The van der Waals surface area contributed by atoms with Crippen LogP contribution in [0.4, 0.5) is 4.79 Å². The van der Waals surface area contributed by atoms with Crippen LogP contribution >= 0.6 is 0 Å². The SMILES string of the molecule is CC(N)C(=O)OC1CCN(C(=O)OC(C)(C)C)C1. The summed E-state index contributed by atoms with van der Waals surface area (Å²) in [6.45, 7) is 7.92. The molecule has 0 radical (unpaired) electrons. The summed E-state index contributed by atoms with van der Waals surface area (Å²) in [5.41, 5.74) is 4.90. The molecule has 1 aliphatic heterocycles. The van der Waals surface area contributed by atoms with E-state index >= 15 is 0 Å². The predicted molar refractivity (Wildman–Crippen MR) is 66.0 cm³/mol. The summed E-state index contributed by atoms with van der Waals surface area (Å²) >= 11 is 0. The monoisotopic (exact) mass is 258 g/mol. The largest absolute Gasteiger partial charge is 0.459 e. The van der Waals surface area contributed by atoms with Crippen LogP contribution in [0.3, 0.4) is 0 Å². The first-order valence-corrected chi connectivity index (χ1v) is 6.13. The van der Waals surface area contributed by atoms with Crippen LogP contribution in [0.2, 0.25) is 0 Å². The number of amides is 1. The molecular formula is C12H22N2O4. The maximum Gasteiger partial charge on any atom is 0.410 e. The lowest BCUT2D eigenvalue weighted by atomic mass is 10.2. The van der Waals surface area contributed by atoms with Gasteiger partial charge in [-0.05, 0) is 27.7 Å². The first-order valence-electron chi connectivity index (χ1n) is 6.13. The minimum atomic E-state index is -0.638. The van der Waals surface area contributed by atoms with Crippen LogP contribution in [0.25, 0.3) is 0 Å². The molecule has 1 rings (SSSR count). The van der Waals surface area contributed by atoms with Crippen LogP contribution in [0.15, 0.2) is 0 Å². The Morgan fingerprint density at radius 3 is 2.50 bits per heavy atom. The second-order valence-corrected chi connectivity index (χ2v) is 5.56. The van der Waals surface area contributed by atoms with Gasteiger partial charge in [0, 0.05) is 13.0 Å². The van der Waals surface area contributed by atoms with E-state index in [0.717, 1.165) is 0 Å². The molecule has 18 heavy (non-hydrogen) atoms. The van der Waals surface area contributed by atoms with E-state index in [1.165, 1.54) is 0 Å². The Morgan fingerprint density at radius 2 is 2.00 bits per heavy atom. The average molecular weight is 258 g/mol. The van der Waals surface area contributed by atoms with E-state index in [0.29, 0.717) is 19.5 Å². The number of ether oxygens (including phenoxy) is 2. The van der Waals surface area contributed by atoms with E-state index in [4.69, 9.17) is 15.2 Å². The van der Waals surface area contributed by atoms with E-state index in [1.807, 2.05) is 20.8 Å². The lowest BCUT2D eigenvalue weighted by Gasteiger charge is -2.24. The minimum absolute atomic E-state index is 0.281. The molecule has 0 spiro atoms. The van der Waals surface area contributed by atoms with E-state index < -0.39 is 17.6 Å². The van der Waals surface area contributed by atoms with E-state index in [-0.39, 0.29) is 12.2 Å². The fraction of sp³-hybridized carbons (Fsp3) is 0.833. The fourth-order valence-electron chi connectivity index (χ4n) is 1.59. The number of nitrogens with two attached hydrogens (primary N) is 1. The molecule has 6 nitrogen and oxygen atoms in total. The van der Waals surface area contributed by atoms with Crippen LogP contribution < -0.4 is 5.73 Å². The van der Waals surface area contributed by atoms with Gasteiger partial charge in [-0.1, -0.05) is 0 Å². The third-order valence-corrected chi connectivity index (χ3v) is 2.45. The zero-order valence-electron chi connectivity index (χ0n) is 11.4. The molecule has 2 atom stereocenters. The molecule has 0 aromatic heterocycles. The average Bonchev–Trinajstić information content (AvgIpc) is 2.63. The second kappa shape index (κ2) is 5.56. The molecule has 104 valence electrons. The summed E-state index contributed by atoms with van der Waals surface area (Å²) in [4.78, 5) is 24.6. The normalized spacial score (nSPS) is 21.6. The van der Waals surface area contributed by atoms with Gasteiger partial charge in [0.15, 0.2) is 0 Å². The Morgan fingerprint density at radius 1 is 1.39 bits per heavy atom. The van der Waals surface area contributed by atoms with Crippen molar-refractivity contribution in [3.05, 3.63) is 0 Å². The molecule has 2 unspecified atom stereocenters. The third-order valence-electron chi connectivity index (χ3n) is 2.45. The quantitative estimate of drug-likeness (QED) is 0.744. The third kappa shape index (κ3) is 4.52. The Balaban J connectivity index is 2.42. The molecule has 2 N–H and O–H groups in total. The number of nitrogens with zero attached hydrogens (tertiary/aromatic N) is 1. The molecule has 1 heterocycles. The summed E-state index contributed by atoms with van der Waals surface area (Å²) in [5, 5.41) is 0. The molecule has 0 aliphatic carbocycles. The summed E-state index contributed by atoms with van der Waals surface area (Å²) in [6.07, 6.45) is -0.0320. The van der Waals surface area contributed by atoms with Crippen molar-refractivity contribution in [2.24, 2.45) is 5.73 Å². The van der Waals surface area contributed by atoms with Gasteiger partial charge in [-0.3, -0.25) is 4.79 Å². The molecule has 6 heteroatoms. The zero-order valence-corrected chi connectivity index (χ0v) is 11.4. The highest BCUT2D eigenvalue weighted by Gasteiger charge is 2.32. The van der Waals surface area contributed by atoms with Crippen LogP contribution in [-0.4, -0.2) is 47.8 Å². The highest BCUT2D eigenvalue weighted by atomic mass is 16.6. The van der Waals surface area contributed by atoms with E-state index in [1.54, 1.807) is 11.8 Å². The lowest BCUT2D eigenvalue weighted by molar-refractivity contribution is -0.149. The maximum atomic E-state index is 11.8. The topological polar surface area (TPSA) is 81.9 Å².